The van der Waals surface area contributed by atoms with Gasteiger partial charge in [-0.1, -0.05) is 29.8 Å². The van der Waals surface area contributed by atoms with E-state index in [9.17, 15) is 4.79 Å². The largest absolute Gasteiger partial charge is 0.376 e. The normalized spacial score (nSPS) is 10.2. The van der Waals surface area contributed by atoms with Gasteiger partial charge in [0.2, 0.25) is 5.91 Å². The molecular weight excluding hydrogens is 248 g/mol. The van der Waals surface area contributed by atoms with Gasteiger partial charge in [0.15, 0.2) is 0 Å². The maximum Gasteiger partial charge on any atom is 0.243 e. The van der Waals surface area contributed by atoms with E-state index >= 15 is 0 Å². The predicted octanol–water partition coefficient (Wildman–Crippen LogP) is 3.66. The fourth-order valence-corrected chi connectivity index (χ4v) is 1.96. The molecule has 1 amide bonds. The van der Waals surface area contributed by atoms with Gasteiger partial charge in [-0.3, -0.25) is 4.79 Å². The zero-order valence-corrected chi connectivity index (χ0v) is 12.2. The van der Waals surface area contributed by atoms with Crippen molar-refractivity contribution in [3.05, 3.63) is 59.2 Å². The van der Waals surface area contributed by atoms with Gasteiger partial charge in [0, 0.05) is 11.4 Å². The van der Waals surface area contributed by atoms with Crippen molar-refractivity contribution in [1.82, 2.24) is 0 Å². The quantitative estimate of drug-likeness (QED) is 0.888. The molecule has 0 radical (unpaired) electrons. The number of nitrogens with one attached hydrogen (secondary N) is 2. The first-order valence-corrected chi connectivity index (χ1v) is 6.73. The minimum atomic E-state index is -0.0465. The third kappa shape index (κ3) is 3.60. The van der Waals surface area contributed by atoms with Crippen LogP contribution in [-0.2, 0) is 4.79 Å². The topological polar surface area (TPSA) is 41.1 Å². The van der Waals surface area contributed by atoms with Crippen molar-refractivity contribution in [2.45, 2.75) is 20.8 Å². The summed E-state index contributed by atoms with van der Waals surface area (Å²) in [6, 6.07) is 13.8. The van der Waals surface area contributed by atoms with Crippen LogP contribution in [0.5, 0.6) is 0 Å². The Bertz CT molecular complexity index is 603. The Morgan fingerprint density at radius 3 is 2.40 bits per heavy atom. The average molecular weight is 268 g/mol. The summed E-state index contributed by atoms with van der Waals surface area (Å²) in [7, 11) is 0. The second-order valence-electron chi connectivity index (χ2n) is 5.02. The molecule has 104 valence electrons. The van der Waals surface area contributed by atoms with E-state index in [0.29, 0.717) is 0 Å². The molecule has 2 rings (SSSR count). The number of rotatable bonds is 4. The molecule has 3 heteroatoms. The molecule has 0 saturated carbocycles. The number of amides is 1. The summed E-state index contributed by atoms with van der Waals surface area (Å²) >= 11 is 0. The SMILES string of the molecule is Cc1ccc(NC(=O)CNc2cccc(C)c2C)cc1. The van der Waals surface area contributed by atoms with E-state index in [4.69, 9.17) is 0 Å². The molecule has 0 aliphatic heterocycles. The highest BCUT2D eigenvalue weighted by molar-refractivity contribution is 5.93. The van der Waals surface area contributed by atoms with Crippen LogP contribution >= 0.6 is 0 Å². The van der Waals surface area contributed by atoms with Crippen molar-refractivity contribution in [2.24, 2.45) is 0 Å². The van der Waals surface area contributed by atoms with Crippen molar-refractivity contribution in [1.29, 1.82) is 0 Å². The highest BCUT2D eigenvalue weighted by Crippen LogP contribution is 2.17. The van der Waals surface area contributed by atoms with Gasteiger partial charge in [-0.05, 0) is 50.1 Å². The first kappa shape index (κ1) is 14.1. The minimum absolute atomic E-state index is 0.0465. The zero-order chi connectivity index (χ0) is 14.5. The lowest BCUT2D eigenvalue weighted by atomic mass is 10.1. The molecule has 0 bridgehead atoms. The van der Waals surface area contributed by atoms with Crippen LogP contribution in [0.15, 0.2) is 42.5 Å². The predicted molar refractivity (Wildman–Crippen MR) is 84.2 cm³/mol. The van der Waals surface area contributed by atoms with Gasteiger partial charge < -0.3 is 10.6 Å². The van der Waals surface area contributed by atoms with E-state index in [1.807, 2.05) is 43.3 Å². The van der Waals surface area contributed by atoms with Crippen molar-refractivity contribution in [2.75, 3.05) is 17.2 Å². The molecule has 0 fully saturated rings. The van der Waals surface area contributed by atoms with Crippen molar-refractivity contribution in [3.8, 4) is 0 Å². The molecule has 0 aliphatic rings. The highest BCUT2D eigenvalue weighted by atomic mass is 16.1. The number of aryl methyl sites for hydroxylation is 2. The van der Waals surface area contributed by atoms with Crippen molar-refractivity contribution in [3.63, 3.8) is 0 Å². The van der Waals surface area contributed by atoms with Crippen LogP contribution in [0.3, 0.4) is 0 Å². The summed E-state index contributed by atoms with van der Waals surface area (Å²) < 4.78 is 0. The highest BCUT2D eigenvalue weighted by Gasteiger charge is 2.04. The summed E-state index contributed by atoms with van der Waals surface area (Å²) in [5.74, 6) is -0.0465. The van der Waals surface area contributed by atoms with Crippen LogP contribution in [0, 0.1) is 20.8 Å². The minimum Gasteiger partial charge on any atom is -0.376 e. The molecular formula is C17H20N2O. The molecule has 0 heterocycles. The maximum atomic E-state index is 11.9. The fourth-order valence-electron chi connectivity index (χ4n) is 1.96. The number of carbonyl (C=O) groups is 1. The van der Waals surface area contributed by atoms with Gasteiger partial charge in [0.05, 0.1) is 6.54 Å². The van der Waals surface area contributed by atoms with E-state index in [-0.39, 0.29) is 12.5 Å². The first-order chi connectivity index (χ1) is 9.56. The Labute approximate surface area is 120 Å². The van der Waals surface area contributed by atoms with Crippen molar-refractivity contribution < 1.29 is 4.79 Å². The summed E-state index contributed by atoms with van der Waals surface area (Å²) in [4.78, 5) is 11.9. The van der Waals surface area contributed by atoms with Crippen LogP contribution in [0.2, 0.25) is 0 Å². The smallest absolute Gasteiger partial charge is 0.243 e. The van der Waals surface area contributed by atoms with Gasteiger partial charge in [-0.25, -0.2) is 0 Å². The monoisotopic (exact) mass is 268 g/mol. The van der Waals surface area contributed by atoms with E-state index in [2.05, 4.69) is 30.5 Å². The zero-order valence-electron chi connectivity index (χ0n) is 12.2. The third-order valence-corrected chi connectivity index (χ3v) is 3.38. The lowest BCUT2D eigenvalue weighted by Gasteiger charge is -2.11. The molecule has 0 aliphatic carbocycles. The molecule has 0 atom stereocenters. The number of anilines is 2. The van der Waals surface area contributed by atoms with Gasteiger partial charge in [-0.2, -0.15) is 0 Å². The van der Waals surface area contributed by atoms with Gasteiger partial charge in [0.25, 0.3) is 0 Å². The second-order valence-corrected chi connectivity index (χ2v) is 5.02. The van der Waals surface area contributed by atoms with E-state index in [0.717, 1.165) is 11.4 Å². The van der Waals surface area contributed by atoms with Gasteiger partial charge in [-0.15, -0.1) is 0 Å². The molecule has 0 saturated heterocycles. The number of carbonyl (C=O) groups excluding carboxylic acids is 1. The first-order valence-electron chi connectivity index (χ1n) is 6.73. The Balaban J connectivity index is 1.92. The Morgan fingerprint density at radius 2 is 1.70 bits per heavy atom. The molecule has 20 heavy (non-hydrogen) atoms. The van der Waals surface area contributed by atoms with E-state index in [1.165, 1.54) is 16.7 Å². The van der Waals surface area contributed by atoms with Gasteiger partial charge >= 0.3 is 0 Å². The maximum absolute atomic E-state index is 11.9. The summed E-state index contributed by atoms with van der Waals surface area (Å²) in [6.45, 7) is 6.40. The van der Waals surface area contributed by atoms with Crippen LogP contribution in [0.4, 0.5) is 11.4 Å². The third-order valence-electron chi connectivity index (χ3n) is 3.38. The summed E-state index contributed by atoms with van der Waals surface area (Å²) in [6.07, 6.45) is 0. The van der Waals surface area contributed by atoms with Crippen LogP contribution in [-0.4, -0.2) is 12.5 Å². The van der Waals surface area contributed by atoms with Crippen LogP contribution in [0.1, 0.15) is 16.7 Å². The molecule has 0 spiro atoms. The number of benzene rings is 2. The fraction of sp³-hybridized carbons (Fsp3) is 0.235. The second kappa shape index (κ2) is 6.24. The number of hydrogen-bond acceptors (Lipinski definition) is 2. The molecule has 2 N–H and O–H groups in total. The Morgan fingerprint density at radius 1 is 1.00 bits per heavy atom. The lowest BCUT2D eigenvalue weighted by molar-refractivity contribution is -0.114. The molecule has 3 nitrogen and oxygen atoms in total. The standard InChI is InChI=1S/C17H20N2O/c1-12-7-9-15(10-8-12)19-17(20)11-18-16-6-4-5-13(2)14(16)3/h4-10,18H,11H2,1-3H3,(H,19,20). The van der Waals surface area contributed by atoms with E-state index < -0.39 is 0 Å². The van der Waals surface area contributed by atoms with Crippen molar-refractivity contribution >= 4 is 17.3 Å². The number of hydrogen-bond donors (Lipinski definition) is 2. The molecule has 2 aromatic carbocycles. The average Bonchev–Trinajstić information content (AvgIpc) is 2.43. The molecule has 2 aromatic rings. The summed E-state index contributed by atoms with van der Waals surface area (Å²) in [5, 5.41) is 6.05. The summed E-state index contributed by atoms with van der Waals surface area (Å²) in [5.41, 5.74) is 5.40. The Kier molecular flexibility index (Phi) is 4.41. The molecule has 0 aromatic heterocycles. The van der Waals surface area contributed by atoms with E-state index in [1.54, 1.807) is 0 Å². The van der Waals surface area contributed by atoms with Gasteiger partial charge in [0.1, 0.15) is 0 Å². The molecule has 0 unspecified atom stereocenters. The van der Waals surface area contributed by atoms with Crippen LogP contribution in [0.25, 0.3) is 0 Å². The van der Waals surface area contributed by atoms with Crippen LogP contribution < -0.4 is 10.6 Å². The Hall–Kier alpha value is -2.29. The lowest BCUT2D eigenvalue weighted by Crippen LogP contribution is -2.22.